The molecule has 2 aliphatic heterocycles. The van der Waals surface area contributed by atoms with Gasteiger partial charge in [-0.2, -0.15) is 0 Å². The van der Waals surface area contributed by atoms with Gasteiger partial charge < -0.3 is 24.3 Å². The zero-order chi connectivity index (χ0) is 17.1. The van der Waals surface area contributed by atoms with Crippen LogP contribution in [0.25, 0.3) is 0 Å². The Morgan fingerprint density at radius 2 is 1.72 bits per heavy atom. The van der Waals surface area contributed by atoms with E-state index >= 15 is 0 Å². The van der Waals surface area contributed by atoms with Crippen LogP contribution in [0.2, 0.25) is 5.02 Å². The van der Waals surface area contributed by atoms with Crippen molar-refractivity contribution in [3.05, 3.63) is 46.5 Å². The first-order chi connectivity index (χ1) is 12.3. The van der Waals surface area contributed by atoms with Crippen LogP contribution in [-0.2, 0) is 13.0 Å². The quantitative estimate of drug-likeness (QED) is 0.825. The van der Waals surface area contributed by atoms with Crippen molar-refractivity contribution in [1.82, 2.24) is 5.32 Å². The summed E-state index contributed by atoms with van der Waals surface area (Å²) in [6.45, 7) is 3.18. The molecule has 2 aromatic rings. The molecule has 0 amide bonds. The molecule has 0 fully saturated rings. The van der Waals surface area contributed by atoms with Crippen LogP contribution in [0.1, 0.15) is 17.5 Å². The van der Waals surface area contributed by atoms with Crippen molar-refractivity contribution >= 4 is 11.6 Å². The molecule has 25 heavy (non-hydrogen) atoms. The van der Waals surface area contributed by atoms with Gasteiger partial charge in [-0.25, -0.2) is 0 Å². The van der Waals surface area contributed by atoms with Crippen LogP contribution in [-0.4, -0.2) is 26.6 Å². The second kappa shape index (κ2) is 7.42. The maximum atomic E-state index is 6.32. The van der Waals surface area contributed by atoms with Gasteiger partial charge in [0.25, 0.3) is 0 Å². The molecule has 2 aliphatic rings. The highest BCUT2D eigenvalue weighted by atomic mass is 35.5. The van der Waals surface area contributed by atoms with Gasteiger partial charge in [-0.15, -0.1) is 0 Å². The Bertz CT molecular complexity index is 765. The van der Waals surface area contributed by atoms with E-state index in [-0.39, 0.29) is 0 Å². The van der Waals surface area contributed by atoms with Gasteiger partial charge in [0.2, 0.25) is 6.79 Å². The number of hydrogen-bond donors (Lipinski definition) is 1. The molecule has 1 N–H and O–H groups in total. The molecule has 0 unspecified atom stereocenters. The second-order valence-corrected chi connectivity index (χ2v) is 6.48. The van der Waals surface area contributed by atoms with Crippen LogP contribution in [0.4, 0.5) is 0 Å². The van der Waals surface area contributed by atoms with Crippen LogP contribution < -0.4 is 24.3 Å². The van der Waals surface area contributed by atoms with Gasteiger partial charge in [0.1, 0.15) is 0 Å². The van der Waals surface area contributed by atoms with Crippen molar-refractivity contribution in [3.63, 3.8) is 0 Å². The molecule has 6 heteroatoms. The highest BCUT2D eigenvalue weighted by molar-refractivity contribution is 6.32. The Kier molecular flexibility index (Phi) is 4.85. The van der Waals surface area contributed by atoms with Crippen molar-refractivity contribution < 1.29 is 18.9 Å². The van der Waals surface area contributed by atoms with E-state index in [4.69, 9.17) is 30.5 Å². The molecule has 0 bridgehead atoms. The van der Waals surface area contributed by atoms with E-state index in [0.717, 1.165) is 48.7 Å². The molecule has 0 aliphatic carbocycles. The van der Waals surface area contributed by atoms with E-state index in [1.807, 2.05) is 24.3 Å². The number of ether oxygens (including phenoxy) is 4. The lowest BCUT2D eigenvalue weighted by atomic mass is 10.1. The lowest BCUT2D eigenvalue weighted by Gasteiger charge is -2.12. The molecule has 132 valence electrons. The predicted molar refractivity (Wildman–Crippen MR) is 95.0 cm³/mol. The third-order valence-electron chi connectivity index (χ3n) is 4.22. The van der Waals surface area contributed by atoms with Crippen molar-refractivity contribution in [2.75, 3.05) is 26.6 Å². The standard InChI is InChI=1S/C19H20ClNO4/c20-15-8-14(10-18-19(15)23-7-1-6-22-18)11-21-5-4-13-2-3-16-17(9-13)25-12-24-16/h2-3,8-10,21H,1,4-7,11-12H2. The van der Waals surface area contributed by atoms with E-state index in [0.29, 0.717) is 30.8 Å². The van der Waals surface area contributed by atoms with E-state index in [1.54, 1.807) is 0 Å². The van der Waals surface area contributed by atoms with Crippen molar-refractivity contribution in [1.29, 1.82) is 0 Å². The Balaban J connectivity index is 1.33. The summed E-state index contributed by atoms with van der Waals surface area (Å²) >= 11 is 6.32. The summed E-state index contributed by atoms with van der Waals surface area (Å²) < 4.78 is 22.1. The fourth-order valence-electron chi connectivity index (χ4n) is 2.95. The fraction of sp³-hybridized carbons (Fsp3) is 0.368. The first-order valence-electron chi connectivity index (χ1n) is 8.47. The van der Waals surface area contributed by atoms with E-state index in [1.165, 1.54) is 5.56 Å². The summed E-state index contributed by atoms with van der Waals surface area (Å²) in [5.41, 5.74) is 2.30. The average Bonchev–Trinajstić information content (AvgIpc) is 2.95. The van der Waals surface area contributed by atoms with Crippen LogP contribution in [0.5, 0.6) is 23.0 Å². The Labute approximate surface area is 151 Å². The lowest BCUT2D eigenvalue weighted by Crippen LogP contribution is -2.16. The summed E-state index contributed by atoms with van der Waals surface area (Å²) in [4.78, 5) is 0. The highest BCUT2D eigenvalue weighted by Crippen LogP contribution is 2.38. The molecule has 0 atom stereocenters. The number of benzene rings is 2. The van der Waals surface area contributed by atoms with Gasteiger partial charge in [0, 0.05) is 13.0 Å². The molecule has 2 aromatic carbocycles. The molecule has 2 heterocycles. The summed E-state index contributed by atoms with van der Waals surface area (Å²) in [5, 5.41) is 4.04. The average molecular weight is 362 g/mol. The molecular formula is C19H20ClNO4. The van der Waals surface area contributed by atoms with Crippen LogP contribution in [0, 0.1) is 0 Å². The molecule has 0 radical (unpaired) electrons. The molecule has 4 rings (SSSR count). The maximum absolute atomic E-state index is 6.32. The van der Waals surface area contributed by atoms with Crippen molar-refractivity contribution in [2.24, 2.45) is 0 Å². The minimum atomic E-state index is 0.307. The number of hydrogen-bond acceptors (Lipinski definition) is 5. The molecular weight excluding hydrogens is 342 g/mol. The highest BCUT2D eigenvalue weighted by Gasteiger charge is 2.16. The fourth-order valence-corrected chi connectivity index (χ4v) is 3.24. The Morgan fingerprint density at radius 3 is 2.68 bits per heavy atom. The van der Waals surface area contributed by atoms with Gasteiger partial charge in [0.05, 0.1) is 18.2 Å². The normalized spacial score (nSPS) is 15.1. The molecule has 0 aromatic heterocycles. The number of nitrogens with one attached hydrogen (secondary N) is 1. The molecule has 0 spiro atoms. The summed E-state index contributed by atoms with van der Waals surface area (Å²) in [6, 6.07) is 10.00. The summed E-state index contributed by atoms with van der Waals surface area (Å²) in [7, 11) is 0. The Morgan fingerprint density at radius 1 is 0.880 bits per heavy atom. The topological polar surface area (TPSA) is 49.0 Å². The Hall–Kier alpha value is -2.11. The first-order valence-corrected chi connectivity index (χ1v) is 8.85. The molecule has 0 saturated heterocycles. The van der Waals surface area contributed by atoms with Crippen LogP contribution >= 0.6 is 11.6 Å². The summed E-state index contributed by atoms with van der Waals surface area (Å²) in [6.07, 6.45) is 1.78. The molecule has 0 saturated carbocycles. The number of rotatable bonds is 5. The monoisotopic (exact) mass is 361 g/mol. The van der Waals surface area contributed by atoms with Crippen LogP contribution in [0.15, 0.2) is 30.3 Å². The van der Waals surface area contributed by atoms with Gasteiger partial charge in [-0.05, 0) is 48.4 Å². The minimum Gasteiger partial charge on any atom is -0.489 e. The smallest absolute Gasteiger partial charge is 0.231 e. The lowest BCUT2D eigenvalue weighted by molar-refractivity contribution is 0.174. The summed E-state index contributed by atoms with van der Waals surface area (Å²) in [5.74, 6) is 3.03. The van der Waals surface area contributed by atoms with E-state index in [9.17, 15) is 0 Å². The zero-order valence-electron chi connectivity index (χ0n) is 13.8. The van der Waals surface area contributed by atoms with Crippen LogP contribution in [0.3, 0.4) is 0 Å². The van der Waals surface area contributed by atoms with Gasteiger partial charge >= 0.3 is 0 Å². The molecule has 5 nitrogen and oxygen atoms in total. The SMILES string of the molecule is Clc1cc(CNCCc2ccc3c(c2)OCO3)cc2c1OCCCO2. The third kappa shape index (κ3) is 3.78. The minimum absolute atomic E-state index is 0.307. The maximum Gasteiger partial charge on any atom is 0.231 e. The second-order valence-electron chi connectivity index (χ2n) is 6.07. The largest absolute Gasteiger partial charge is 0.489 e. The predicted octanol–water partition coefficient (Wildman–Crippen LogP) is 3.56. The number of fused-ring (bicyclic) bond motifs is 2. The van der Waals surface area contributed by atoms with Crippen molar-refractivity contribution in [3.8, 4) is 23.0 Å². The van der Waals surface area contributed by atoms with Gasteiger partial charge in [0.15, 0.2) is 23.0 Å². The number of halogens is 1. The first kappa shape index (κ1) is 16.4. The zero-order valence-corrected chi connectivity index (χ0v) is 14.6. The van der Waals surface area contributed by atoms with E-state index < -0.39 is 0 Å². The van der Waals surface area contributed by atoms with Gasteiger partial charge in [-0.3, -0.25) is 0 Å². The van der Waals surface area contributed by atoms with Gasteiger partial charge in [-0.1, -0.05) is 17.7 Å². The van der Waals surface area contributed by atoms with E-state index in [2.05, 4.69) is 11.4 Å². The third-order valence-corrected chi connectivity index (χ3v) is 4.50. The van der Waals surface area contributed by atoms with Crippen molar-refractivity contribution in [2.45, 2.75) is 19.4 Å².